The molecule has 2 rings (SSSR count). The molecule has 1 unspecified atom stereocenters. The van der Waals surface area contributed by atoms with Crippen LogP contribution < -0.4 is 10.6 Å². The van der Waals surface area contributed by atoms with Gasteiger partial charge in [-0.15, -0.1) is 0 Å². The average Bonchev–Trinajstić information content (AvgIpc) is 2.68. The first-order valence-corrected chi connectivity index (χ1v) is 7.78. The smallest absolute Gasteiger partial charge is 0.223 e. The third-order valence-corrected chi connectivity index (χ3v) is 4.69. The van der Waals surface area contributed by atoms with Gasteiger partial charge >= 0.3 is 0 Å². The number of hydrogen-bond acceptors (Lipinski definition) is 2. The molecule has 1 saturated carbocycles. The number of amides is 1. The van der Waals surface area contributed by atoms with Crippen LogP contribution in [0.25, 0.3) is 0 Å². The van der Waals surface area contributed by atoms with Crippen molar-refractivity contribution in [1.82, 2.24) is 10.6 Å². The minimum atomic E-state index is 0.289. The van der Waals surface area contributed by atoms with E-state index in [1.165, 1.54) is 38.5 Å². The maximum absolute atomic E-state index is 12.3. The summed E-state index contributed by atoms with van der Waals surface area (Å²) in [5.41, 5.74) is 0. The number of hydrogen-bond donors (Lipinski definition) is 2. The van der Waals surface area contributed by atoms with Crippen LogP contribution in [0.4, 0.5) is 0 Å². The van der Waals surface area contributed by atoms with E-state index in [1.807, 2.05) is 0 Å². The first-order valence-electron chi connectivity index (χ1n) is 7.78. The molecule has 2 N–H and O–H groups in total. The Bertz CT molecular complexity index is 253. The topological polar surface area (TPSA) is 41.1 Å². The van der Waals surface area contributed by atoms with Crippen LogP contribution in [0.15, 0.2) is 0 Å². The summed E-state index contributed by atoms with van der Waals surface area (Å²) in [7, 11) is 0. The average molecular weight is 252 g/mol. The molecular formula is C15H28N2O. The number of piperidine rings is 1. The van der Waals surface area contributed by atoms with Crippen LogP contribution >= 0.6 is 0 Å². The van der Waals surface area contributed by atoms with Crippen molar-refractivity contribution in [3.8, 4) is 0 Å². The Kier molecular flexibility index (Phi) is 5.48. The van der Waals surface area contributed by atoms with Crippen LogP contribution in [0, 0.1) is 11.8 Å². The number of nitrogens with one attached hydrogen (secondary N) is 2. The lowest BCUT2D eigenvalue weighted by Crippen LogP contribution is -2.44. The molecule has 0 bridgehead atoms. The summed E-state index contributed by atoms with van der Waals surface area (Å²) in [5, 5.41) is 6.66. The fourth-order valence-corrected chi connectivity index (χ4v) is 3.35. The highest BCUT2D eigenvalue weighted by molar-refractivity contribution is 5.78. The monoisotopic (exact) mass is 252 g/mol. The normalized spacial score (nSPS) is 25.4. The van der Waals surface area contributed by atoms with E-state index in [4.69, 9.17) is 0 Å². The Morgan fingerprint density at radius 3 is 2.28 bits per heavy atom. The largest absolute Gasteiger partial charge is 0.353 e. The van der Waals surface area contributed by atoms with Gasteiger partial charge in [0, 0.05) is 12.0 Å². The van der Waals surface area contributed by atoms with Crippen molar-refractivity contribution in [2.24, 2.45) is 11.8 Å². The van der Waals surface area contributed by atoms with E-state index in [1.54, 1.807) is 0 Å². The van der Waals surface area contributed by atoms with Crippen molar-refractivity contribution in [2.45, 2.75) is 64.3 Å². The molecule has 2 aliphatic rings. The molecule has 1 aliphatic heterocycles. The van der Waals surface area contributed by atoms with Crippen molar-refractivity contribution in [1.29, 1.82) is 0 Å². The molecule has 18 heavy (non-hydrogen) atoms. The fourth-order valence-electron chi connectivity index (χ4n) is 3.35. The zero-order chi connectivity index (χ0) is 12.8. The third-order valence-electron chi connectivity index (χ3n) is 4.69. The van der Waals surface area contributed by atoms with Crippen molar-refractivity contribution in [3.63, 3.8) is 0 Å². The highest BCUT2D eigenvalue weighted by Crippen LogP contribution is 2.24. The van der Waals surface area contributed by atoms with Crippen LogP contribution in [-0.2, 0) is 4.79 Å². The van der Waals surface area contributed by atoms with E-state index in [0.717, 1.165) is 25.9 Å². The fraction of sp³-hybridized carbons (Fsp3) is 0.933. The molecule has 1 atom stereocenters. The van der Waals surface area contributed by atoms with Crippen LogP contribution in [-0.4, -0.2) is 25.0 Å². The predicted molar refractivity (Wildman–Crippen MR) is 74.4 cm³/mol. The molecule has 3 heteroatoms. The van der Waals surface area contributed by atoms with E-state index < -0.39 is 0 Å². The maximum Gasteiger partial charge on any atom is 0.223 e. The molecule has 2 fully saturated rings. The van der Waals surface area contributed by atoms with Gasteiger partial charge in [-0.2, -0.15) is 0 Å². The van der Waals surface area contributed by atoms with Crippen LogP contribution in [0.1, 0.15) is 58.3 Å². The van der Waals surface area contributed by atoms with Crippen molar-refractivity contribution < 1.29 is 4.79 Å². The Labute approximate surface area is 111 Å². The van der Waals surface area contributed by atoms with E-state index in [0.29, 0.717) is 17.9 Å². The van der Waals surface area contributed by atoms with Gasteiger partial charge in [-0.05, 0) is 51.6 Å². The molecule has 1 saturated heterocycles. The van der Waals surface area contributed by atoms with E-state index in [2.05, 4.69) is 17.6 Å². The maximum atomic E-state index is 12.3. The lowest BCUT2D eigenvalue weighted by atomic mass is 9.90. The summed E-state index contributed by atoms with van der Waals surface area (Å²) < 4.78 is 0. The summed E-state index contributed by atoms with van der Waals surface area (Å²) in [6.07, 6.45) is 9.70. The number of carbonyl (C=O) groups excluding carboxylic acids is 1. The summed E-state index contributed by atoms with van der Waals surface area (Å²) in [6, 6.07) is 0.350. The SMILES string of the molecule is CC(NC(=O)C1CCCCCC1)C1CCNCC1. The van der Waals surface area contributed by atoms with Crippen LogP contribution in [0.2, 0.25) is 0 Å². The standard InChI is InChI=1S/C15H28N2O/c1-12(13-8-10-16-11-9-13)17-15(18)14-6-4-2-3-5-7-14/h12-14,16H,2-11H2,1H3,(H,17,18). The van der Waals surface area contributed by atoms with E-state index >= 15 is 0 Å². The number of carbonyl (C=O) groups is 1. The van der Waals surface area contributed by atoms with Gasteiger partial charge in [0.05, 0.1) is 0 Å². The molecule has 0 radical (unpaired) electrons. The third kappa shape index (κ3) is 3.98. The van der Waals surface area contributed by atoms with Crippen molar-refractivity contribution in [2.75, 3.05) is 13.1 Å². The van der Waals surface area contributed by atoms with Gasteiger partial charge in [0.25, 0.3) is 0 Å². The van der Waals surface area contributed by atoms with E-state index in [9.17, 15) is 4.79 Å². The van der Waals surface area contributed by atoms with Gasteiger partial charge in [0.15, 0.2) is 0 Å². The van der Waals surface area contributed by atoms with Crippen molar-refractivity contribution in [3.05, 3.63) is 0 Å². The summed E-state index contributed by atoms with van der Waals surface area (Å²) in [6.45, 7) is 4.40. The first-order chi connectivity index (χ1) is 8.77. The molecule has 0 aromatic rings. The molecular weight excluding hydrogens is 224 g/mol. The van der Waals surface area contributed by atoms with Gasteiger partial charge in [-0.3, -0.25) is 4.79 Å². The molecule has 1 heterocycles. The molecule has 1 aliphatic carbocycles. The minimum absolute atomic E-state index is 0.289. The van der Waals surface area contributed by atoms with Gasteiger partial charge in [-0.1, -0.05) is 25.7 Å². The molecule has 0 aromatic heterocycles. The second-order valence-electron chi connectivity index (χ2n) is 6.07. The van der Waals surface area contributed by atoms with Gasteiger partial charge in [-0.25, -0.2) is 0 Å². The molecule has 104 valence electrons. The second-order valence-corrected chi connectivity index (χ2v) is 6.07. The predicted octanol–water partition coefficient (Wildman–Crippen LogP) is 2.46. The Morgan fingerprint density at radius 1 is 1.06 bits per heavy atom. The highest BCUT2D eigenvalue weighted by Gasteiger charge is 2.25. The quantitative estimate of drug-likeness (QED) is 0.758. The van der Waals surface area contributed by atoms with E-state index in [-0.39, 0.29) is 5.92 Å². The minimum Gasteiger partial charge on any atom is -0.353 e. The zero-order valence-electron chi connectivity index (χ0n) is 11.7. The Balaban J connectivity index is 1.77. The summed E-state index contributed by atoms with van der Waals surface area (Å²) in [4.78, 5) is 12.3. The molecule has 0 aromatic carbocycles. The Morgan fingerprint density at radius 2 is 1.67 bits per heavy atom. The highest BCUT2D eigenvalue weighted by atomic mass is 16.1. The Hall–Kier alpha value is -0.570. The van der Waals surface area contributed by atoms with Gasteiger partial charge in [0.2, 0.25) is 5.91 Å². The summed E-state index contributed by atoms with van der Waals surface area (Å²) >= 11 is 0. The molecule has 0 spiro atoms. The number of rotatable bonds is 3. The second kappa shape index (κ2) is 7.13. The lowest BCUT2D eigenvalue weighted by molar-refractivity contribution is -0.126. The van der Waals surface area contributed by atoms with Gasteiger partial charge in [0.1, 0.15) is 0 Å². The van der Waals surface area contributed by atoms with Crippen LogP contribution in [0.5, 0.6) is 0 Å². The van der Waals surface area contributed by atoms with Crippen molar-refractivity contribution >= 4 is 5.91 Å². The van der Waals surface area contributed by atoms with Gasteiger partial charge < -0.3 is 10.6 Å². The molecule has 3 nitrogen and oxygen atoms in total. The van der Waals surface area contributed by atoms with Crippen LogP contribution in [0.3, 0.4) is 0 Å². The zero-order valence-corrected chi connectivity index (χ0v) is 11.7. The lowest BCUT2D eigenvalue weighted by Gasteiger charge is -2.30. The summed E-state index contributed by atoms with van der Waals surface area (Å²) in [5.74, 6) is 1.28. The first kappa shape index (κ1) is 13.9. The molecule has 1 amide bonds.